The molecular formula is C34H30O18. The highest BCUT2D eigenvalue weighted by Gasteiger charge is 2.27. The van der Waals surface area contributed by atoms with E-state index in [-0.39, 0.29) is 17.2 Å². The number of rotatable bonds is 12. The lowest BCUT2D eigenvalue weighted by atomic mass is 10.2. The maximum Gasteiger partial charge on any atom is 0.308 e. The summed E-state index contributed by atoms with van der Waals surface area (Å²) < 4.78 is 53.7. The van der Waals surface area contributed by atoms with Crippen molar-refractivity contribution in [3.63, 3.8) is 0 Å². The molecule has 3 aromatic rings. The zero-order chi connectivity index (χ0) is 38.9. The zero-order valence-corrected chi connectivity index (χ0v) is 28.8. The predicted octanol–water partition coefficient (Wildman–Crippen LogP) is 4.67. The Bertz CT molecular complexity index is 1900. The summed E-state index contributed by atoms with van der Waals surface area (Å²) >= 11 is 0. The Kier molecular flexibility index (Phi) is 13.0. The molecule has 0 saturated carbocycles. The molecule has 0 bridgehead atoms. The number of benzene rings is 3. The van der Waals surface area contributed by atoms with Gasteiger partial charge in [0.25, 0.3) is 0 Å². The lowest BCUT2D eigenvalue weighted by molar-refractivity contribution is -0.135. The van der Waals surface area contributed by atoms with Gasteiger partial charge >= 0.3 is 47.8 Å². The monoisotopic (exact) mass is 726 g/mol. The molecule has 0 aliphatic carbocycles. The van der Waals surface area contributed by atoms with E-state index in [1.165, 1.54) is 0 Å². The van der Waals surface area contributed by atoms with Crippen molar-refractivity contribution >= 4 is 47.8 Å². The average Bonchev–Trinajstić information content (AvgIpc) is 2.96. The lowest BCUT2D eigenvalue weighted by Crippen LogP contribution is -2.11. The Morgan fingerprint density at radius 1 is 0.288 bits per heavy atom. The second-order valence-electron chi connectivity index (χ2n) is 10.2. The van der Waals surface area contributed by atoms with E-state index in [0.717, 1.165) is 91.8 Å². The van der Waals surface area contributed by atoms with Gasteiger partial charge in [0.15, 0.2) is 34.5 Å². The molecule has 274 valence electrons. The minimum absolute atomic E-state index is 0.234. The molecule has 0 atom stereocenters. The molecular weight excluding hydrogens is 696 g/mol. The zero-order valence-electron chi connectivity index (χ0n) is 28.8. The highest BCUT2D eigenvalue weighted by Crippen LogP contribution is 2.52. The fourth-order valence-corrected chi connectivity index (χ4v) is 4.07. The number of ether oxygens (including phenoxy) is 10. The third-order valence-corrected chi connectivity index (χ3v) is 5.45. The number of hydrogen-bond acceptors (Lipinski definition) is 18. The van der Waals surface area contributed by atoms with Gasteiger partial charge in [0, 0.05) is 91.8 Å². The van der Waals surface area contributed by atoms with Crippen LogP contribution >= 0.6 is 0 Å². The normalized spacial score (nSPS) is 10.2. The van der Waals surface area contributed by atoms with Gasteiger partial charge in [0.2, 0.25) is 17.2 Å². The number of carbonyl (C=O) groups excluding carboxylic acids is 8. The van der Waals surface area contributed by atoms with Crippen LogP contribution in [0.2, 0.25) is 0 Å². The Balaban J connectivity index is 2.42. The van der Waals surface area contributed by atoms with Crippen LogP contribution in [0.3, 0.4) is 0 Å². The lowest BCUT2D eigenvalue weighted by Gasteiger charge is -2.20. The molecule has 0 aliphatic heterocycles. The molecule has 0 N–H and O–H groups in total. The quantitative estimate of drug-likeness (QED) is 0.182. The van der Waals surface area contributed by atoms with Crippen LogP contribution in [0.15, 0.2) is 36.4 Å². The summed E-state index contributed by atoms with van der Waals surface area (Å²) in [4.78, 5) is 96.0. The van der Waals surface area contributed by atoms with Gasteiger partial charge < -0.3 is 47.4 Å². The van der Waals surface area contributed by atoms with Gasteiger partial charge in [-0.2, -0.15) is 0 Å². The molecule has 0 unspecified atom stereocenters. The van der Waals surface area contributed by atoms with Gasteiger partial charge in [-0.05, 0) is 0 Å². The van der Waals surface area contributed by atoms with Crippen molar-refractivity contribution in [3.05, 3.63) is 36.4 Å². The fraction of sp³-hybridized carbons (Fsp3) is 0.235. The molecule has 0 radical (unpaired) electrons. The van der Waals surface area contributed by atoms with Crippen LogP contribution in [0.1, 0.15) is 55.4 Å². The Morgan fingerprint density at radius 3 is 0.846 bits per heavy atom. The number of carbonyl (C=O) groups is 8. The first kappa shape index (κ1) is 39.5. The highest BCUT2D eigenvalue weighted by molar-refractivity contribution is 5.80. The van der Waals surface area contributed by atoms with Crippen molar-refractivity contribution in [2.24, 2.45) is 0 Å². The maximum atomic E-state index is 12.2. The van der Waals surface area contributed by atoms with Gasteiger partial charge in [-0.15, -0.1) is 0 Å². The van der Waals surface area contributed by atoms with Crippen LogP contribution < -0.4 is 47.4 Å². The molecule has 18 heteroatoms. The molecule has 0 fully saturated rings. The minimum Gasteiger partial charge on any atom is -0.449 e. The minimum atomic E-state index is -0.908. The summed E-state index contributed by atoms with van der Waals surface area (Å²) in [7, 11) is 0. The topological polar surface area (TPSA) is 229 Å². The van der Waals surface area contributed by atoms with Gasteiger partial charge in [-0.25, -0.2) is 0 Å². The molecule has 3 aromatic carbocycles. The average molecular weight is 727 g/mol. The van der Waals surface area contributed by atoms with E-state index in [1.54, 1.807) is 0 Å². The van der Waals surface area contributed by atoms with Crippen molar-refractivity contribution in [2.45, 2.75) is 55.4 Å². The third-order valence-electron chi connectivity index (χ3n) is 5.45. The first-order chi connectivity index (χ1) is 24.3. The van der Waals surface area contributed by atoms with Crippen LogP contribution in [0, 0.1) is 0 Å². The van der Waals surface area contributed by atoms with E-state index in [4.69, 9.17) is 47.4 Å². The van der Waals surface area contributed by atoms with Gasteiger partial charge in [0.1, 0.15) is 17.2 Å². The maximum absolute atomic E-state index is 12.2. The molecule has 18 nitrogen and oxygen atoms in total. The van der Waals surface area contributed by atoms with E-state index in [9.17, 15) is 38.4 Å². The summed E-state index contributed by atoms with van der Waals surface area (Å²) in [6.07, 6.45) is 0. The molecule has 0 aromatic heterocycles. The van der Waals surface area contributed by atoms with E-state index < -0.39 is 99.5 Å². The molecule has 0 aliphatic rings. The molecule has 52 heavy (non-hydrogen) atoms. The van der Waals surface area contributed by atoms with Crippen LogP contribution in [0.5, 0.6) is 69.0 Å². The highest BCUT2D eigenvalue weighted by atomic mass is 16.6. The third kappa shape index (κ3) is 11.6. The standard InChI is InChI=1S/C34H30O18/c1-15(35)43-23-10-29(48-20(6)40)34(30(11-23)49-21(7)41)52-31-12-24(44-16(2)36)9-28(47-19(5)39)33(31)51-25-13-26(45-17(3)37)32(50-22(8)42)27(14-25)46-18(4)38/h9-14H,1-8H3. The van der Waals surface area contributed by atoms with Gasteiger partial charge in [-0.3, -0.25) is 38.4 Å². The predicted molar refractivity (Wildman–Crippen MR) is 170 cm³/mol. The second kappa shape index (κ2) is 17.1. The summed E-state index contributed by atoms with van der Waals surface area (Å²) in [6.45, 7) is 8.34. The summed E-state index contributed by atoms with van der Waals surface area (Å²) in [5, 5.41) is 0. The molecule has 0 amide bonds. The van der Waals surface area contributed by atoms with E-state index in [1.807, 2.05) is 0 Å². The summed E-state index contributed by atoms with van der Waals surface area (Å²) in [5.41, 5.74) is 0. The molecule has 0 heterocycles. The Labute approximate surface area is 294 Å². The largest absolute Gasteiger partial charge is 0.449 e. The van der Waals surface area contributed by atoms with Gasteiger partial charge in [-0.1, -0.05) is 0 Å². The van der Waals surface area contributed by atoms with Crippen LogP contribution in [0.25, 0.3) is 0 Å². The van der Waals surface area contributed by atoms with Crippen molar-refractivity contribution in [2.75, 3.05) is 0 Å². The van der Waals surface area contributed by atoms with Crippen molar-refractivity contribution < 1.29 is 85.7 Å². The van der Waals surface area contributed by atoms with Crippen molar-refractivity contribution in [1.82, 2.24) is 0 Å². The molecule has 0 spiro atoms. The Hall–Kier alpha value is -6.98. The first-order valence-electron chi connectivity index (χ1n) is 14.7. The molecule has 3 rings (SSSR count). The number of hydrogen-bond donors (Lipinski definition) is 0. The second-order valence-corrected chi connectivity index (χ2v) is 10.2. The van der Waals surface area contributed by atoms with Crippen LogP contribution in [-0.2, 0) is 38.4 Å². The number of esters is 8. The smallest absolute Gasteiger partial charge is 0.308 e. The van der Waals surface area contributed by atoms with Crippen molar-refractivity contribution in [3.8, 4) is 69.0 Å². The van der Waals surface area contributed by atoms with Crippen molar-refractivity contribution in [1.29, 1.82) is 0 Å². The Morgan fingerprint density at radius 2 is 0.538 bits per heavy atom. The van der Waals surface area contributed by atoms with E-state index >= 15 is 0 Å². The SMILES string of the molecule is CC(=O)Oc1cc(OC(C)=O)c(Oc2cc(OC(C)=O)c(OC(C)=O)c(OC(C)=O)c2)c(Oc2c(OC(C)=O)cc(OC(C)=O)cc2OC(C)=O)c1. The van der Waals surface area contributed by atoms with Crippen LogP contribution in [0.4, 0.5) is 0 Å². The summed E-state index contributed by atoms with van der Waals surface area (Å²) in [6, 6.07) is 6.30. The van der Waals surface area contributed by atoms with Gasteiger partial charge in [0.05, 0.1) is 0 Å². The fourth-order valence-electron chi connectivity index (χ4n) is 4.07. The first-order valence-corrected chi connectivity index (χ1v) is 14.7. The van der Waals surface area contributed by atoms with Crippen LogP contribution in [-0.4, -0.2) is 47.8 Å². The molecule has 0 saturated heterocycles. The van der Waals surface area contributed by atoms with E-state index in [0.29, 0.717) is 0 Å². The van der Waals surface area contributed by atoms with E-state index in [2.05, 4.69) is 0 Å². The summed E-state index contributed by atoms with van der Waals surface area (Å²) in [5.74, 6) is -12.1.